The van der Waals surface area contributed by atoms with Crippen molar-refractivity contribution >= 4 is 11.8 Å². The molecule has 0 atom stereocenters. The maximum atomic E-state index is 11.8. The van der Waals surface area contributed by atoms with Crippen LogP contribution in [-0.2, 0) is 22.5 Å². The predicted octanol–water partition coefficient (Wildman–Crippen LogP) is 3.58. The Morgan fingerprint density at radius 3 is 2.41 bits per heavy atom. The lowest BCUT2D eigenvalue weighted by molar-refractivity contribution is -0.153. The van der Waals surface area contributed by atoms with Crippen LogP contribution in [0.4, 0.5) is 5.82 Å². The van der Waals surface area contributed by atoms with Gasteiger partial charge in [0.25, 0.3) is 0 Å². The molecule has 0 bridgehead atoms. The van der Waals surface area contributed by atoms with Gasteiger partial charge in [0.05, 0.1) is 6.42 Å². The summed E-state index contributed by atoms with van der Waals surface area (Å²) in [6.45, 7) is 6.30. The van der Waals surface area contributed by atoms with E-state index in [9.17, 15) is 4.79 Å². The molecule has 1 aromatic carbocycles. The number of nitrogens with zero attached hydrogens (tertiary/aromatic N) is 1. The van der Waals surface area contributed by atoms with Crippen LogP contribution >= 0.6 is 0 Å². The summed E-state index contributed by atoms with van der Waals surface area (Å²) >= 11 is 0. The van der Waals surface area contributed by atoms with E-state index in [1.54, 1.807) is 6.20 Å². The Labute approximate surface area is 131 Å². The van der Waals surface area contributed by atoms with Crippen LogP contribution in [0.2, 0.25) is 0 Å². The van der Waals surface area contributed by atoms with E-state index < -0.39 is 5.60 Å². The van der Waals surface area contributed by atoms with Crippen molar-refractivity contribution in [2.45, 2.75) is 39.3 Å². The Hall–Kier alpha value is -2.36. The van der Waals surface area contributed by atoms with Gasteiger partial charge >= 0.3 is 5.97 Å². The lowest BCUT2D eigenvalue weighted by Gasteiger charge is -2.19. The Kier molecular flexibility index (Phi) is 5.15. The number of hydrogen-bond acceptors (Lipinski definition) is 4. The van der Waals surface area contributed by atoms with Crippen molar-refractivity contribution in [1.82, 2.24) is 4.98 Å². The first kappa shape index (κ1) is 16.0. The largest absolute Gasteiger partial charge is 0.460 e. The van der Waals surface area contributed by atoms with Gasteiger partial charge in [-0.05, 0) is 38.0 Å². The zero-order valence-corrected chi connectivity index (χ0v) is 13.3. The van der Waals surface area contributed by atoms with Gasteiger partial charge < -0.3 is 10.1 Å². The third kappa shape index (κ3) is 5.56. The number of carbonyl (C=O) groups excluding carboxylic acids is 1. The molecule has 116 valence electrons. The van der Waals surface area contributed by atoms with Crippen molar-refractivity contribution in [3.05, 3.63) is 59.8 Å². The van der Waals surface area contributed by atoms with Crippen LogP contribution in [0.15, 0.2) is 48.7 Å². The van der Waals surface area contributed by atoms with Crippen LogP contribution in [-0.4, -0.2) is 16.6 Å². The first-order valence-corrected chi connectivity index (χ1v) is 7.37. The topological polar surface area (TPSA) is 51.2 Å². The minimum absolute atomic E-state index is 0.237. The van der Waals surface area contributed by atoms with Gasteiger partial charge in [-0.2, -0.15) is 0 Å². The highest BCUT2D eigenvalue weighted by Gasteiger charge is 2.16. The molecule has 0 aliphatic rings. The molecule has 2 aromatic rings. The van der Waals surface area contributed by atoms with Crippen LogP contribution in [0.25, 0.3) is 0 Å². The summed E-state index contributed by atoms with van der Waals surface area (Å²) < 4.78 is 5.29. The summed E-state index contributed by atoms with van der Waals surface area (Å²) in [7, 11) is 0. The second-order valence-electron chi connectivity index (χ2n) is 6.15. The van der Waals surface area contributed by atoms with Gasteiger partial charge in [-0.3, -0.25) is 4.79 Å². The summed E-state index contributed by atoms with van der Waals surface area (Å²) in [6.07, 6.45) is 1.94. The van der Waals surface area contributed by atoms with Crippen LogP contribution in [0.3, 0.4) is 0 Å². The number of esters is 1. The maximum Gasteiger partial charge on any atom is 0.310 e. The lowest BCUT2D eigenvalue weighted by Crippen LogP contribution is -2.24. The van der Waals surface area contributed by atoms with Crippen LogP contribution < -0.4 is 5.32 Å². The monoisotopic (exact) mass is 298 g/mol. The van der Waals surface area contributed by atoms with Gasteiger partial charge in [-0.15, -0.1) is 0 Å². The minimum Gasteiger partial charge on any atom is -0.460 e. The van der Waals surface area contributed by atoms with Gasteiger partial charge in [0, 0.05) is 12.7 Å². The molecule has 0 radical (unpaired) electrons. The second kappa shape index (κ2) is 7.07. The highest BCUT2D eigenvalue weighted by molar-refractivity contribution is 5.72. The molecule has 1 aromatic heterocycles. The molecule has 0 aliphatic carbocycles. The third-order valence-electron chi connectivity index (χ3n) is 2.91. The fraction of sp³-hybridized carbons (Fsp3) is 0.333. The molecule has 0 spiro atoms. The first-order chi connectivity index (χ1) is 10.4. The van der Waals surface area contributed by atoms with Crippen LogP contribution in [0.1, 0.15) is 31.9 Å². The molecule has 0 saturated heterocycles. The molecule has 0 aliphatic heterocycles. The first-order valence-electron chi connectivity index (χ1n) is 7.37. The van der Waals surface area contributed by atoms with Crippen molar-refractivity contribution in [3.8, 4) is 0 Å². The second-order valence-corrected chi connectivity index (χ2v) is 6.15. The zero-order valence-electron chi connectivity index (χ0n) is 13.3. The van der Waals surface area contributed by atoms with E-state index in [1.807, 2.05) is 51.1 Å². The summed E-state index contributed by atoms with van der Waals surface area (Å²) in [5.41, 5.74) is 1.59. The molecule has 22 heavy (non-hydrogen) atoms. The Balaban J connectivity index is 1.86. The summed E-state index contributed by atoms with van der Waals surface area (Å²) in [6, 6.07) is 13.9. The molecule has 1 N–H and O–H groups in total. The number of anilines is 1. The Bertz CT molecular complexity index is 601. The van der Waals surface area contributed by atoms with E-state index in [4.69, 9.17) is 4.74 Å². The predicted molar refractivity (Wildman–Crippen MR) is 87.6 cm³/mol. The fourth-order valence-electron chi connectivity index (χ4n) is 1.97. The molecule has 0 amide bonds. The molecule has 0 saturated carbocycles. The number of nitrogens with one attached hydrogen (secondary N) is 1. The smallest absolute Gasteiger partial charge is 0.310 e. The van der Waals surface area contributed by atoms with E-state index in [0.29, 0.717) is 0 Å². The quantitative estimate of drug-likeness (QED) is 0.857. The van der Waals surface area contributed by atoms with Gasteiger partial charge in [0.15, 0.2) is 0 Å². The number of pyridine rings is 1. The average Bonchev–Trinajstić information content (AvgIpc) is 2.45. The van der Waals surface area contributed by atoms with E-state index in [0.717, 1.165) is 17.9 Å². The number of ether oxygens (including phenoxy) is 1. The molecule has 0 fully saturated rings. The SMILES string of the molecule is CC(C)(C)OC(=O)Cc1ccc(NCc2ccccc2)nc1. The third-order valence-corrected chi connectivity index (χ3v) is 2.91. The van der Waals surface area contributed by atoms with Gasteiger partial charge in [0.1, 0.15) is 11.4 Å². The molecular weight excluding hydrogens is 276 g/mol. The summed E-state index contributed by atoms with van der Waals surface area (Å²) in [5.74, 6) is 0.552. The fourth-order valence-corrected chi connectivity index (χ4v) is 1.97. The summed E-state index contributed by atoms with van der Waals surface area (Å²) in [5, 5.41) is 3.25. The number of rotatable bonds is 5. The van der Waals surface area contributed by atoms with Gasteiger partial charge in [-0.25, -0.2) is 4.98 Å². The number of carbonyl (C=O) groups is 1. The molecule has 4 nitrogen and oxygen atoms in total. The molecular formula is C18H22N2O2. The Morgan fingerprint density at radius 2 is 1.82 bits per heavy atom. The van der Waals surface area contributed by atoms with Crippen molar-refractivity contribution in [3.63, 3.8) is 0 Å². The van der Waals surface area contributed by atoms with Crippen molar-refractivity contribution in [1.29, 1.82) is 0 Å². The van der Waals surface area contributed by atoms with Crippen molar-refractivity contribution in [2.75, 3.05) is 5.32 Å². The van der Waals surface area contributed by atoms with Crippen molar-refractivity contribution < 1.29 is 9.53 Å². The highest BCUT2D eigenvalue weighted by atomic mass is 16.6. The van der Waals surface area contributed by atoms with Crippen molar-refractivity contribution in [2.24, 2.45) is 0 Å². The van der Waals surface area contributed by atoms with E-state index in [2.05, 4.69) is 22.4 Å². The normalized spacial score (nSPS) is 11.0. The van der Waals surface area contributed by atoms with Crippen LogP contribution in [0.5, 0.6) is 0 Å². The Morgan fingerprint density at radius 1 is 1.09 bits per heavy atom. The van der Waals surface area contributed by atoms with Gasteiger partial charge in [0.2, 0.25) is 0 Å². The number of benzene rings is 1. The standard InChI is InChI=1S/C18H22N2O2/c1-18(2,3)22-17(21)11-15-9-10-16(20-13-15)19-12-14-7-5-4-6-8-14/h4-10,13H,11-12H2,1-3H3,(H,19,20). The minimum atomic E-state index is -0.457. The van der Waals surface area contributed by atoms with E-state index in [-0.39, 0.29) is 12.4 Å². The highest BCUT2D eigenvalue weighted by Crippen LogP contribution is 2.11. The molecule has 1 heterocycles. The summed E-state index contributed by atoms with van der Waals surface area (Å²) in [4.78, 5) is 16.1. The van der Waals surface area contributed by atoms with E-state index in [1.165, 1.54) is 5.56 Å². The molecule has 4 heteroatoms. The average molecular weight is 298 g/mol. The maximum absolute atomic E-state index is 11.8. The number of aromatic nitrogens is 1. The zero-order chi connectivity index (χ0) is 16.0. The number of hydrogen-bond donors (Lipinski definition) is 1. The van der Waals surface area contributed by atoms with Gasteiger partial charge in [-0.1, -0.05) is 36.4 Å². The molecule has 0 unspecified atom stereocenters. The molecule has 2 rings (SSSR count). The van der Waals surface area contributed by atoms with Crippen LogP contribution in [0, 0.1) is 0 Å². The van der Waals surface area contributed by atoms with E-state index >= 15 is 0 Å². The lowest BCUT2D eigenvalue weighted by atomic mass is 10.1.